The number of amides is 1. The van der Waals surface area contributed by atoms with Crippen molar-refractivity contribution in [3.8, 4) is 5.75 Å². The van der Waals surface area contributed by atoms with Gasteiger partial charge in [0.1, 0.15) is 5.75 Å². The molecule has 3 rings (SSSR count). The summed E-state index contributed by atoms with van der Waals surface area (Å²) in [5.74, 6) is 0.747. The molecule has 0 aliphatic carbocycles. The summed E-state index contributed by atoms with van der Waals surface area (Å²) in [6.07, 6.45) is 3.85. The number of hydrogen-bond donors (Lipinski definition) is 1. The Morgan fingerprint density at radius 2 is 1.59 bits per heavy atom. The lowest BCUT2D eigenvalue weighted by molar-refractivity contribution is -0.121. The topological polar surface area (TPSA) is 75.7 Å². The summed E-state index contributed by atoms with van der Waals surface area (Å²) in [6, 6.07) is 14.5. The van der Waals surface area contributed by atoms with Crippen LogP contribution in [-0.4, -0.2) is 38.8 Å². The zero-order chi connectivity index (χ0) is 20.7. The first-order valence-electron chi connectivity index (χ1n) is 9.98. The molecule has 1 heterocycles. The van der Waals surface area contributed by atoms with Gasteiger partial charge in [-0.05, 0) is 54.7 Å². The Bertz CT molecular complexity index is 903. The molecule has 0 spiro atoms. The van der Waals surface area contributed by atoms with Crippen LogP contribution in [-0.2, 0) is 27.8 Å². The number of piperidine rings is 1. The zero-order valence-electron chi connectivity index (χ0n) is 16.8. The number of ether oxygens (including phenoxy) is 1. The quantitative estimate of drug-likeness (QED) is 0.717. The van der Waals surface area contributed by atoms with Crippen LogP contribution in [0.4, 0.5) is 0 Å². The van der Waals surface area contributed by atoms with E-state index in [1.165, 1.54) is 0 Å². The van der Waals surface area contributed by atoms with Crippen LogP contribution in [0.25, 0.3) is 0 Å². The summed E-state index contributed by atoms with van der Waals surface area (Å²) in [7, 11) is -1.79. The first kappa shape index (κ1) is 21.3. The fourth-order valence-corrected chi connectivity index (χ4v) is 4.89. The lowest BCUT2D eigenvalue weighted by Crippen LogP contribution is -2.35. The van der Waals surface area contributed by atoms with Gasteiger partial charge in [0.25, 0.3) is 0 Å². The van der Waals surface area contributed by atoms with E-state index in [0.29, 0.717) is 37.4 Å². The lowest BCUT2D eigenvalue weighted by Gasteiger charge is -2.25. The van der Waals surface area contributed by atoms with Gasteiger partial charge in [-0.1, -0.05) is 30.7 Å². The van der Waals surface area contributed by atoms with Gasteiger partial charge in [-0.15, -0.1) is 0 Å². The predicted molar refractivity (Wildman–Crippen MR) is 112 cm³/mol. The van der Waals surface area contributed by atoms with Crippen molar-refractivity contribution in [1.82, 2.24) is 9.62 Å². The molecule has 1 N–H and O–H groups in total. The fourth-order valence-electron chi connectivity index (χ4n) is 3.37. The summed E-state index contributed by atoms with van der Waals surface area (Å²) in [6.45, 7) is 1.66. The molecular weight excluding hydrogens is 388 g/mol. The Morgan fingerprint density at radius 1 is 0.966 bits per heavy atom. The molecule has 0 radical (unpaired) electrons. The van der Waals surface area contributed by atoms with Crippen molar-refractivity contribution >= 4 is 15.9 Å². The van der Waals surface area contributed by atoms with E-state index in [9.17, 15) is 13.2 Å². The third kappa shape index (κ3) is 5.81. The van der Waals surface area contributed by atoms with Crippen LogP contribution < -0.4 is 10.1 Å². The van der Waals surface area contributed by atoms with Gasteiger partial charge in [0.2, 0.25) is 15.9 Å². The molecule has 2 aromatic carbocycles. The molecule has 1 aliphatic heterocycles. The van der Waals surface area contributed by atoms with Crippen molar-refractivity contribution in [2.24, 2.45) is 0 Å². The molecule has 1 amide bonds. The average molecular weight is 417 g/mol. The molecular formula is C22H28N2O4S. The van der Waals surface area contributed by atoms with Gasteiger partial charge in [-0.2, -0.15) is 4.31 Å². The van der Waals surface area contributed by atoms with E-state index in [0.717, 1.165) is 36.1 Å². The molecule has 0 bridgehead atoms. The molecule has 0 atom stereocenters. The second-order valence-corrected chi connectivity index (χ2v) is 9.17. The van der Waals surface area contributed by atoms with Crippen LogP contribution in [0.2, 0.25) is 0 Å². The van der Waals surface area contributed by atoms with Crippen LogP contribution in [0, 0.1) is 0 Å². The summed E-state index contributed by atoms with van der Waals surface area (Å²) < 4.78 is 32.0. The van der Waals surface area contributed by atoms with Crippen LogP contribution in [0.15, 0.2) is 53.4 Å². The Kier molecular flexibility index (Phi) is 7.28. The Morgan fingerprint density at radius 3 is 2.21 bits per heavy atom. The second kappa shape index (κ2) is 9.89. The van der Waals surface area contributed by atoms with E-state index in [1.54, 1.807) is 35.7 Å². The molecule has 1 aliphatic rings. The van der Waals surface area contributed by atoms with E-state index in [4.69, 9.17) is 4.74 Å². The number of carbonyl (C=O) groups is 1. The summed E-state index contributed by atoms with van der Waals surface area (Å²) in [5, 5.41) is 2.90. The van der Waals surface area contributed by atoms with E-state index in [-0.39, 0.29) is 5.91 Å². The standard InChI is InChI=1S/C22H28N2O4S/c1-28-20-10-5-19(6-11-20)17-23-22(25)14-9-18-7-12-21(13-8-18)29(26,27)24-15-3-2-4-16-24/h5-8,10-13H,2-4,9,14-17H2,1H3,(H,23,25). The summed E-state index contributed by atoms with van der Waals surface area (Å²) in [4.78, 5) is 12.4. The molecule has 156 valence electrons. The van der Waals surface area contributed by atoms with E-state index in [1.807, 2.05) is 24.3 Å². The predicted octanol–water partition coefficient (Wildman–Crippen LogP) is 3.12. The maximum Gasteiger partial charge on any atom is 0.243 e. The Balaban J connectivity index is 1.48. The van der Waals surface area contributed by atoms with E-state index >= 15 is 0 Å². The molecule has 1 saturated heterocycles. The van der Waals surface area contributed by atoms with E-state index in [2.05, 4.69) is 5.32 Å². The number of methoxy groups -OCH3 is 1. The van der Waals surface area contributed by atoms with Crippen molar-refractivity contribution in [3.05, 3.63) is 59.7 Å². The molecule has 0 aromatic heterocycles. The summed E-state index contributed by atoms with van der Waals surface area (Å²) in [5.41, 5.74) is 1.95. The smallest absolute Gasteiger partial charge is 0.243 e. The van der Waals surface area contributed by atoms with Gasteiger partial charge in [0.05, 0.1) is 12.0 Å². The maximum absolute atomic E-state index is 12.7. The van der Waals surface area contributed by atoms with Gasteiger partial charge in [-0.25, -0.2) is 8.42 Å². The highest BCUT2D eigenvalue weighted by atomic mass is 32.2. The molecule has 2 aromatic rings. The molecule has 0 unspecified atom stereocenters. The van der Waals surface area contributed by atoms with Crippen molar-refractivity contribution in [1.29, 1.82) is 0 Å². The van der Waals surface area contributed by atoms with Crippen molar-refractivity contribution in [3.63, 3.8) is 0 Å². The molecule has 0 saturated carbocycles. The largest absolute Gasteiger partial charge is 0.497 e. The lowest BCUT2D eigenvalue weighted by atomic mass is 10.1. The number of hydrogen-bond acceptors (Lipinski definition) is 4. The number of nitrogens with zero attached hydrogens (tertiary/aromatic N) is 1. The third-order valence-electron chi connectivity index (χ3n) is 5.17. The van der Waals surface area contributed by atoms with Crippen molar-refractivity contribution in [2.75, 3.05) is 20.2 Å². The highest BCUT2D eigenvalue weighted by molar-refractivity contribution is 7.89. The maximum atomic E-state index is 12.7. The van der Waals surface area contributed by atoms with Crippen LogP contribution >= 0.6 is 0 Å². The number of sulfonamides is 1. The van der Waals surface area contributed by atoms with Gasteiger partial charge in [-0.3, -0.25) is 4.79 Å². The second-order valence-electron chi connectivity index (χ2n) is 7.23. The average Bonchev–Trinajstić information content (AvgIpc) is 2.77. The minimum Gasteiger partial charge on any atom is -0.497 e. The Hall–Kier alpha value is -2.38. The molecule has 7 heteroatoms. The monoisotopic (exact) mass is 416 g/mol. The molecule has 1 fully saturated rings. The molecule has 29 heavy (non-hydrogen) atoms. The number of nitrogens with one attached hydrogen (secondary N) is 1. The number of aryl methyl sites for hydroxylation is 1. The number of benzene rings is 2. The highest BCUT2D eigenvalue weighted by Gasteiger charge is 2.25. The third-order valence-corrected chi connectivity index (χ3v) is 7.08. The van der Waals surface area contributed by atoms with Gasteiger partial charge in [0, 0.05) is 26.1 Å². The van der Waals surface area contributed by atoms with Gasteiger partial charge < -0.3 is 10.1 Å². The minimum atomic E-state index is -3.41. The van der Waals surface area contributed by atoms with E-state index < -0.39 is 10.0 Å². The summed E-state index contributed by atoms with van der Waals surface area (Å²) >= 11 is 0. The van der Waals surface area contributed by atoms with Crippen molar-refractivity contribution in [2.45, 2.75) is 43.5 Å². The number of carbonyl (C=O) groups excluding carboxylic acids is 1. The van der Waals surface area contributed by atoms with Crippen LogP contribution in [0.5, 0.6) is 5.75 Å². The van der Waals surface area contributed by atoms with Crippen LogP contribution in [0.1, 0.15) is 36.8 Å². The molecule has 6 nitrogen and oxygen atoms in total. The Labute approximate surface area is 172 Å². The number of rotatable bonds is 8. The van der Waals surface area contributed by atoms with Crippen LogP contribution in [0.3, 0.4) is 0 Å². The highest BCUT2D eigenvalue weighted by Crippen LogP contribution is 2.21. The first-order valence-corrected chi connectivity index (χ1v) is 11.4. The fraction of sp³-hybridized carbons (Fsp3) is 0.409. The SMILES string of the molecule is COc1ccc(CNC(=O)CCc2ccc(S(=O)(=O)N3CCCCC3)cc2)cc1. The minimum absolute atomic E-state index is 0.0363. The zero-order valence-corrected chi connectivity index (χ0v) is 17.6. The normalized spacial score (nSPS) is 15.1. The van der Waals surface area contributed by atoms with Crippen molar-refractivity contribution < 1.29 is 17.9 Å². The van der Waals surface area contributed by atoms with Gasteiger partial charge >= 0.3 is 0 Å². The first-order chi connectivity index (χ1) is 14.0. The van der Waals surface area contributed by atoms with Gasteiger partial charge in [0.15, 0.2) is 0 Å².